The van der Waals surface area contributed by atoms with Gasteiger partial charge in [-0.2, -0.15) is 0 Å². The Morgan fingerprint density at radius 1 is 1.00 bits per heavy atom. The van der Waals surface area contributed by atoms with E-state index in [0.29, 0.717) is 40.3 Å². The molecule has 38 heavy (non-hydrogen) atoms. The van der Waals surface area contributed by atoms with Gasteiger partial charge in [0.15, 0.2) is 0 Å². The van der Waals surface area contributed by atoms with Gasteiger partial charge in [0.05, 0.1) is 5.39 Å². The van der Waals surface area contributed by atoms with Crippen molar-refractivity contribution in [3.63, 3.8) is 0 Å². The van der Waals surface area contributed by atoms with Crippen molar-refractivity contribution in [2.24, 2.45) is 5.92 Å². The topological polar surface area (TPSA) is 58.4 Å². The van der Waals surface area contributed by atoms with Crippen LogP contribution in [-0.4, -0.2) is 32.6 Å². The molecule has 1 N–H and O–H groups in total. The van der Waals surface area contributed by atoms with Crippen LogP contribution < -0.4 is 5.56 Å². The monoisotopic (exact) mass is 527 g/mol. The van der Waals surface area contributed by atoms with E-state index >= 15 is 0 Å². The van der Waals surface area contributed by atoms with Gasteiger partial charge in [0.25, 0.3) is 5.56 Å². The first kappa shape index (κ1) is 26.2. The van der Waals surface area contributed by atoms with Gasteiger partial charge in [-0.1, -0.05) is 66.2 Å². The van der Waals surface area contributed by atoms with Gasteiger partial charge in [0.2, 0.25) is 0 Å². The van der Waals surface area contributed by atoms with Crippen LogP contribution in [0.5, 0.6) is 5.75 Å². The summed E-state index contributed by atoms with van der Waals surface area (Å²) < 4.78 is 1.75. The number of fused-ring (bicyclic) bond motifs is 1. The maximum Gasteiger partial charge on any atom is 0.261 e. The number of benzene rings is 3. The first-order chi connectivity index (χ1) is 18.5. The van der Waals surface area contributed by atoms with Gasteiger partial charge in [-0.05, 0) is 93.1 Å². The van der Waals surface area contributed by atoms with E-state index in [2.05, 4.69) is 47.1 Å². The Hall–Kier alpha value is -3.41. The molecular formula is C32H34ClN3O2. The lowest BCUT2D eigenvalue weighted by atomic mass is 9.91. The molecule has 3 aromatic carbocycles. The maximum absolute atomic E-state index is 13.4. The molecule has 0 amide bonds. The van der Waals surface area contributed by atoms with Gasteiger partial charge in [0.1, 0.15) is 17.1 Å². The lowest BCUT2D eigenvalue weighted by Crippen LogP contribution is -2.35. The quantitative estimate of drug-likeness (QED) is 0.263. The second-order valence-electron chi connectivity index (χ2n) is 10.2. The average molecular weight is 528 g/mol. The highest BCUT2D eigenvalue weighted by atomic mass is 35.5. The summed E-state index contributed by atoms with van der Waals surface area (Å²) in [4.78, 5) is 20.7. The minimum absolute atomic E-state index is 0.0179. The molecule has 1 aliphatic rings. The number of likely N-dealkylation sites (tertiary alicyclic amines) is 1. The summed E-state index contributed by atoms with van der Waals surface area (Å²) >= 11 is 6.02. The van der Waals surface area contributed by atoms with Crippen LogP contribution in [0.4, 0.5) is 0 Å². The van der Waals surface area contributed by atoms with Gasteiger partial charge in [-0.25, -0.2) is 4.98 Å². The molecule has 1 unspecified atom stereocenters. The van der Waals surface area contributed by atoms with Crippen LogP contribution in [0, 0.1) is 5.92 Å². The number of para-hydroxylation sites is 1. The zero-order valence-electron chi connectivity index (χ0n) is 21.8. The van der Waals surface area contributed by atoms with Crippen LogP contribution in [0.3, 0.4) is 0 Å². The summed E-state index contributed by atoms with van der Waals surface area (Å²) in [5, 5.41) is 11.5. The Labute approximate surface area is 229 Å². The average Bonchev–Trinajstić information content (AvgIpc) is 2.95. The van der Waals surface area contributed by atoms with Crippen molar-refractivity contribution in [1.82, 2.24) is 14.5 Å². The number of nitrogens with zero attached hydrogens (tertiary/aromatic N) is 3. The SMILES string of the molecule is CC(c1ccccc1)N1CCC(CCCn2c(C=Cc3ccc(Cl)cc3)nc3c(O)cccc3c2=O)CC1. The molecule has 6 heteroatoms. The summed E-state index contributed by atoms with van der Waals surface area (Å²) in [5.41, 5.74) is 2.56. The Bertz CT molecular complexity index is 1460. The molecule has 1 atom stereocenters. The summed E-state index contributed by atoms with van der Waals surface area (Å²) in [6.45, 7) is 5.10. The highest BCUT2D eigenvalue weighted by Crippen LogP contribution is 2.29. The van der Waals surface area contributed by atoms with E-state index in [0.717, 1.165) is 31.5 Å². The largest absolute Gasteiger partial charge is 0.506 e. The Morgan fingerprint density at radius 2 is 1.74 bits per heavy atom. The fraction of sp³-hybridized carbons (Fsp3) is 0.312. The zero-order chi connectivity index (χ0) is 26.5. The molecule has 5 rings (SSSR count). The van der Waals surface area contributed by atoms with Crippen LogP contribution in [0.1, 0.15) is 55.6 Å². The number of aromatic hydroxyl groups is 1. The number of piperidine rings is 1. The van der Waals surface area contributed by atoms with E-state index in [1.807, 2.05) is 36.4 Å². The maximum atomic E-state index is 13.4. The highest BCUT2D eigenvalue weighted by Gasteiger charge is 2.23. The van der Waals surface area contributed by atoms with E-state index in [4.69, 9.17) is 11.6 Å². The second kappa shape index (κ2) is 12.0. The number of phenols is 1. The van der Waals surface area contributed by atoms with Crippen LogP contribution in [-0.2, 0) is 6.54 Å². The number of hydrogen-bond donors (Lipinski definition) is 1. The molecule has 1 fully saturated rings. The van der Waals surface area contributed by atoms with E-state index in [-0.39, 0.29) is 11.3 Å². The Kier molecular flexibility index (Phi) is 8.26. The molecule has 196 valence electrons. The lowest BCUT2D eigenvalue weighted by Gasteiger charge is -2.36. The summed E-state index contributed by atoms with van der Waals surface area (Å²) in [6, 6.07) is 23.7. The van der Waals surface area contributed by atoms with Gasteiger partial charge < -0.3 is 5.11 Å². The van der Waals surface area contributed by atoms with Crippen LogP contribution in [0.2, 0.25) is 5.02 Å². The zero-order valence-corrected chi connectivity index (χ0v) is 22.5. The third-order valence-corrected chi connectivity index (χ3v) is 8.01. The molecular weight excluding hydrogens is 494 g/mol. The predicted octanol–water partition coefficient (Wildman–Crippen LogP) is 7.18. The van der Waals surface area contributed by atoms with Crippen molar-refractivity contribution in [2.45, 2.75) is 45.2 Å². The van der Waals surface area contributed by atoms with E-state index in [1.54, 1.807) is 22.8 Å². The lowest BCUT2D eigenvalue weighted by molar-refractivity contribution is 0.136. The van der Waals surface area contributed by atoms with Gasteiger partial charge >= 0.3 is 0 Å². The first-order valence-corrected chi connectivity index (χ1v) is 13.8. The van der Waals surface area contributed by atoms with Crippen molar-refractivity contribution in [3.05, 3.63) is 105 Å². The third-order valence-electron chi connectivity index (χ3n) is 7.76. The molecule has 1 aromatic heterocycles. The molecule has 4 aromatic rings. The fourth-order valence-electron chi connectivity index (χ4n) is 5.44. The first-order valence-electron chi connectivity index (χ1n) is 13.4. The number of rotatable bonds is 8. The predicted molar refractivity (Wildman–Crippen MR) is 156 cm³/mol. The smallest absolute Gasteiger partial charge is 0.261 e. The normalized spacial score (nSPS) is 15.8. The van der Waals surface area contributed by atoms with Gasteiger partial charge in [-0.15, -0.1) is 0 Å². The van der Waals surface area contributed by atoms with Gasteiger partial charge in [0, 0.05) is 17.6 Å². The van der Waals surface area contributed by atoms with E-state index < -0.39 is 0 Å². The Balaban J connectivity index is 1.27. The van der Waals surface area contributed by atoms with Crippen LogP contribution >= 0.6 is 11.6 Å². The van der Waals surface area contributed by atoms with Crippen LogP contribution in [0.15, 0.2) is 77.6 Å². The van der Waals surface area contributed by atoms with Crippen LogP contribution in [0.25, 0.3) is 23.1 Å². The molecule has 0 bridgehead atoms. The number of hydrogen-bond acceptors (Lipinski definition) is 4. The molecule has 1 saturated heterocycles. The molecule has 5 nitrogen and oxygen atoms in total. The van der Waals surface area contributed by atoms with E-state index in [1.165, 1.54) is 18.4 Å². The summed E-state index contributed by atoms with van der Waals surface area (Å²) in [6.07, 6.45) is 8.12. The Morgan fingerprint density at radius 3 is 2.47 bits per heavy atom. The van der Waals surface area contributed by atoms with Crippen molar-refractivity contribution >= 4 is 34.7 Å². The summed E-state index contributed by atoms with van der Waals surface area (Å²) in [7, 11) is 0. The molecule has 2 heterocycles. The minimum atomic E-state index is -0.117. The van der Waals surface area contributed by atoms with Crippen molar-refractivity contribution in [2.75, 3.05) is 13.1 Å². The fourth-order valence-corrected chi connectivity index (χ4v) is 5.57. The molecule has 1 aliphatic heterocycles. The number of phenolic OH excluding ortho intramolecular Hbond substituents is 1. The molecule has 0 spiro atoms. The molecule has 0 saturated carbocycles. The highest BCUT2D eigenvalue weighted by molar-refractivity contribution is 6.30. The number of halogens is 1. The molecule has 0 radical (unpaired) electrons. The van der Waals surface area contributed by atoms with Gasteiger partial charge in [-0.3, -0.25) is 14.3 Å². The summed E-state index contributed by atoms with van der Waals surface area (Å²) in [5.74, 6) is 1.23. The standard InChI is InChI=1S/C32H34ClN3O2/c1-23(26-8-3-2-4-9-26)35-21-18-24(19-22-35)7-6-20-36-30(17-14-25-12-15-27(33)16-13-25)34-31-28(32(36)38)10-5-11-29(31)37/h2-5,8-17,23-24,37H,6-7,18-22H2,1H3. The van der Waals surface area contributed by atoms with Crippen molar-refractivity contribution < 1.29 is 5.11 Å². The molecule has 0 aliphatic carbocycles. The van der Waals surface area contributed by atoms with Crippen molar-refractivity contribution in [1.29, 1.82) is 0 Å². The second-order valence-corrected chi connectivity index (χ2v) is 10.6. The number of aromatic nitrogens is 2. The van der Waals surface area contributed by atoms with Crippen molar-refractivity contribution in [3.8, 4) is 5.75 Å². The minimum Gasteiger partial charge on any atom is -0.506 e. The van der Waals surface area contributed by atoms with E-state index in [9.17, 15) is 9.90 Å². The third kappa shape index (κ3) is 6.01.